The van der Waals surface area contributed by atoms with E-state index < -0.39 is 0 Å². The third-order valence-electron chi connectivity index (χ3n) is 2.32. The first-order valence-electron chi connectivity index (χ1n) is 5.85. The van der Waals surface area contributed by atoms with Gasteiger partial charge in [-0.25, -0.2) is 0 Å². The van der Waals surface area contributed by atoms with E-state index in [2.05, 4.69) is 10.6 Å². The Morgan fingerprint density at radius 1 is 1.11 bits per heavy atom. The summed E-state index contributed by atoms with van der Waals surface area (Å²) in [6.07, 6.45) is -0.213. The highest BCUT2D eigenvalue weighted by Crippen LogP contribution is 2.14. The van der Waals surface area contributed by atoms with Crippen molar-refractivity contribution < 1.29 is 19.1 Å². The van der Waals surface area contributed by atoms with Gasteiger partial charge >= 0.3 is 0 Å². The van der Waals surface area contributed by atoms with Crippen molar-refractivity contribution in [1.82, 2.24) is 5.32 Å². The lowest BCUT2D eigenvalue weighted by atomic mass is 10.3. The third kappa shape index (κ3) is 5.87. The molecule has 2 N–H and O–H groups in total. The molecule has 0 aromatic heterocycles. The van der Waals surface area contributed by atoms with E-state index in [-0.39, 0.29) is 18.2 Å². The van der Waals surface area contributed by atoms with Crippen LogP contribution >= 0.6 is 0 Å². The molecule has 6 nitrogen and oxygen atoms in total. The van der Waals surface area contributed by atoms with Crippen LogP contribution in [0.5, 0.6) is 5.75 Å². The first-order chi connectivity index (χ1) is 9.15. The van der Waals surface area contributed by atoms with Crippen molar-refractivity contribution in [3.05, 3.63) is 24.3 Å². The monoisotopic (exact) mass is 266 g/mol. The first kappa shape index (κ1) is 15.0. The fourth-order valence-electron chi connectivity index (χ4n) is 1.38. The van der Waals surface area contributed by atoms with Crippen LogP contribution in [-0.2, 0) is 14.3 Å². The predicted octanol–water partition coefficient (Wildman–Crippen LogP) is 0.786. The van der Waals surface area contributed by atoms with Crippen molar-refractivity contribution in [2.75, 3.05) is 32.7 Å². The summed E-state index contributed by atoms with van der Waals surface area (Å²) in [5, 5.41) is 5.20. The van der Waals surface area contributed by atoms with E-state index in [1.54, 1.807) is 38.5 Å². The molecule has 0 heterocycles. The van der Waals surface area contributed by atoms with E-state index in [4.69, 9.17) is 9.47 Å². The van der Waals surface area contributed by atoms with Crippen LogP contribution in [0.15, 0.2) is 24.3 Å². The molecule has 1 aromatic rings. The summed E-state index contributed by atoms with van der Waals surface area (Å²) in [5.41, 5.74) is 0.621. The minimum atomic E-state index is -0.361. The van der Waals surface area contributed by atoms with Gasteiger partial charge in [0.2, 0.25) is 11.8 Å². The number of amides is 2. The highest BCUT2D eigenvalue weighted by atomic mass is 16.5. The van der Waals surface area contributed by atoms with Crippen LogP contribution < -0.4 is 15.4 Å². The maximum Gasteiger partial charge on any atom is 0.233 e. The molecule has 0 atom stereocenters. The van der Waals surface area contributed by atoms with Crippen LogP contribution in [0, 0.1) is 0 Å². The number of nitrogens with one attached hydrogen (secondary N) is 2. The number of rotatable bonds is 7. The van der Waals surface area contributed by atoms with Crippen molar-refractivity contribution >= 4 is 17.5 Å². The molecule has 0 radical (unpaired) electrons. The van der Waals surface area contributed by atoms with Gasteiger partial charge in [0.1, 0.15) is 12.2 Å². The minimum absolute atomic E-state index is 0.213. The molecule has 0 unspecified atom stereocenters. The Morgan fingerprint density at radius 3 is 2.37 bits per heavy atom. The zero-order valence-corrected chi connectivity index (χ0v) is 11.1. The molecule has 0 aliphatic heterocycles. The summed E-state index contributed by atoms with van der Waals surface area (Å²) >= 11 is 0. The van der Waals surface area contributed by atoms with Crippen LogP contribution in [0.4, 0.5) is 5.69 Å². The molecule has 1 aromatic carbocycles. The SMILES string of the molecule is COCCNC(=O)CC(=O)Nc1ccc(OC)cc1. The number of benzene rings is 1. The van der Waals surface area contributed by atoms with E-state index in [1.807, 2.05) is 0 Å². The molecule has 2 amide bonds. The van der Waals surface area contributed by atoms with Crippen molar-refractivity contribution in [1.29, 1.82) is 0 Å². The molecule has 0 spiro atoms. The van der Waals surface area contributed by atoms with Crippen LogP contribution in [0.2, 0.25) is 0 Å². The molecule has 0 bridgehead atoms. The highest BCUT2D eigenvalue weighted by molar-refractivity contribution is 6.03. The van der Waals surface area contributed by atoms with Crippen molar-refractivity contribution in [3.63, 3.8) is 0 Å². The lowest BCUT2D eigenvalue weighted by Gasteiger charge is -2.07. The molecular formula is C13H18N2O4. The second-order valence-electron chi connectivity index (χ2n) is 3.80. The van der Waals surface area contributed by atoms with E-state index >= 15 is 0 Å². The second-order valence-corrected chi connectivity index (χ2v) is 3.80. The topological polar surface area (TPSA) is 76.7 Å². The lowest BCUT2D eigenvalue weighted by molar-refractivity contribution is -0.126. The third-order valence-corrected chi connectivity index (χ3v) is 2.32. The molecule has 0 saturated carbocycles. The molecule has 0 saturated heterocycles. The Bertz CT molecular complexity index is 417. The van der Waals surface area contributed by atoms with Gasteiger partial charge in [-0.15, -0.1) is 0 Å². The number of carbonyl (C=O) groups excluding carboxylic acids is 2. The molecule has 0 aliphatic carbocycles. The molecule has 1 rings (SSSR count). The van der Waals surface area contributed by atoms with Crippen molar-refractivity contribution in [3.8, 4) is 5.75 Å². The number of hydrogen-bond donors (Lipinski definition) is 2. The maximum absolute atomic E-state index is 11.6. The average molecular weight is 266 g/mol. The van der Waals surface area contributed by atoms with Gasteiger partial charge in [0.25, 0.3) is 0 Å². The summed E-state index contributed by atoms with van der Waals surface area (Å²) in [6.45, 7) is 0.816. The van der Waals surface area contributed by atoms with Gasteiger partial charge in [-0.1, -0.05) is 0 Å². The Hall–Kier alpha value is -2.08. The van der Waals surface area contributed by atoms with Gasteiger partial charge in [0, 0.05) is 19.3 Å². The van der Waals surface area contributed by atoms with E-state index in [0.717, 1.165) is 0 Å². The smallest absolute Gasteiger partial charge is 0.233 e. The van der Waals surface area contributed by atoms with Crippen LogP contribution in [0.1, 0.15) is 6.42 Å². The summed E-state index contributed by atoms with van der Waals surface area (Å²) < 4.78 is 9.79. The Balaban J connectivity index is 2.35. The standard InChI is InChI=1S/C13H18N2O4/c1-18-8-7-14-12(16)9-13(17)15-10-3-5-11(19-2)6-4-10/h3-6H,7-9H2,1-2H3,(H,14,16)(H,15,17). The Morgan fingerprint density at radius 2 is 1.79 bits per heavy atom. The lowest BCUT2D eigenvalue weighted by Crippen LogP contribution is -2.30. The zero-order valence-electron chi connectivity index (χ0n) is 11.1. The largest absolute Gasteiger partial charge is 0.497 e. The first-order valence-corrected chi connectivity index (χ1v) is 5.85. The van der Waals surface area contributed by atoms with E-state index in [1.165, 1.54) is 0 Å². The summed E-state index contributed by atoms with van der Waals surface area (Å²) in [7, 11) is 3.11. The number of hydrogen-bond acceptors (Lipinski definition) is 4. The zero-order chi connectivity index (χ0) is 14.1. The fourth-order valence-corrected chi connectivity index (χ4v) is 1.38. The summed E-state index contributed by atoms with van der Waals surface area (Å²) in [5.74, 6) is 0.0125. The van der Waals surface area contributed by atoms with Gasteiger partial charge in [0.05, 0.1) is 13.7 Å². The predicted molar refractivity (Wildman–Crippen MR) is 71.1 cm³/mol. The maximum atomic E-state index is 11.6. The Labute approximate surface area is 112 Å². The van der Waals surface area contributed by atoms with Gasteiger partial charge < -0.3 is 20.1 Å². The van der Waals surface area contributed by atoms with Crippen LogP contribution in [0.3, 0.4) is 0 Å². The number of ether oxygens (including phenoxy) is 2. The fraction of sp³-hybridized carbons (Fsp3) is 0.385. The molecule has 0 aliphatic rings. The van der Waals surface area contributed by atoms with Gasteiger partial charge in [-0.2, -0.15) is 0 Å². The highest BCUT2D eigenvalue weighted by Gasteiger charge is 2.09. The van der Waals surface area contributed by atoms with Crippen LogP contribution in [0.25, 0.3) is 0 Å². The summed E-state index contributed by atoms with van der Waals surface area (Å²) in [6, 6.07) is 6.88. The molecular weight excluding hydrogens is 248 g/mol. The van der Waals surface area contributed by atoms with Gasteiger partial charge in [0.15, 0.2) is 0 Å². The number of carbonyl (C=O) groups is 2. The van der Waals surface area contributed by atoms with E-state index in [0.29, 0.717) is 24.6 Å². The van der Waals surface area contributed by atoms with Gasteiger partial charge in [-0.3, -0.25) is 9.59 Å². The number of methoxy groups -OCH3 is 2. The van der Waals surface area contributed by atoms with E-state index in [9.17, 15) is 9.59 Å². The minimum Gasteiger partial charge on any atom is -0.497 e. The summed E-state index contributed by atoms with van der Waals surface area (Å²) in [4.78, 5) is 22.9. The number of anilines is 1. The quantitative estimate of drug-likeness (QED) is 0.565. The Kier molecular flexibility index (Phi) is 6.38. The van der Waals surface area contributed by atoms with Crippen molar-refractivity contribution in [2.45, 2.75) is 6.42 Å². The van der Waals surface area contributed by atoms with Crippen LogP contribution in [-0.4, -0.2) is 39.2 Å². The molecule has 0 fully saturated rings. The molecule has 6 heteroatoms. The normalized spacial score (nSPS) is 9.79. The van der Waals surface area contributed by atoms with Gasteiger partial charge in [-0.05, 0) is 24.3 Å². The second kappa shape index (κ2) is 8.10. The molecule has 104 valence electrons. The molecule has 19 heavy (non-hydrogen) atoms. The van der Waals surface area contributed by atoms with Crippen molar-refractivity contribution in [2.24, 2.45) is 0 Å². The average Bonchev–Trinajstić information content (AvgIpc) is 2.39.